The van der Waals surface area contributed by atoms with Crippen LogP contribution in [0.5, 0.6) is 0 Å². The molecule has 0 fully saturated rings. The fourth-order valence-corrected chi connectivity index (χ4v) is 5.05. The smallest absolute Gasteiger partial charge is 0.294 e. The molecule has 4 N–H and O–H groups in total. The summed E-state index contributed by atoms with van der Waals surface area (Å²) in [5.41, 5.74) is 10.2. The molecule has 0 saturated carbocycles. The largest absolute Gasteiger partial charge is 0.384 e. The highest BCUT2D eigenvalue weighted by Gasteiger charge is 2.31. The molecule has 4 aromatic rings. The predicted molar refractivity (Wildman–Crippen MR) is 149 cm³/mol. The van der Waals surface area contributed by atoms with Crippen LogP contribution in [-0.4, -0.2) is 26.5 Å². The van der Waals surface area contributed by atoms with E-state index in [9.17, 15) is 9.59 Å². The quantitative estimate of drug-likeness (QED) is 0.318. The number of benzene rings is 2. The van der Waals surface area contributed by atoms with Gasteiger partial charge in [0.1, 0.15) is 11.9 Å². The average molecular weight is 509 g/mol. The number of hydrogen-bond donors (Lipinski definition) is 3. The van der Waals surface area contributed by atoms with Crippen molar-refractivity contribution < 1.29 is 4.79 Å². The van der Waals surface area contributed by atoms with Crippen molar-refractivity contribution in [1.82, 2.24) is 19.9 Å². The molecular weight excluding hydrogens is 476 g/mol. The number of nitrogens with one attached hydrogen (secondary N) is 2. The number of aromatic nitrogens is 3. The summed E-state index contributed by atoms with van der Waals surface area (Å²) in [5.74, 6) is 0.521. The van der Waals surface area contributed by atoms with Gasteiger partial charge in [-0.1, -0.05) is 66.7 Å². The third kappa shape index (κ3) is 5.75. The Hall–Kier alpha value is -4.46. The zero-order valence-corrected chi connectivity index (χ0v) is 21.4. The Bertz CT molecular complexity index is 1430. The van der Waals surface area contributed by atoms with Crippen LogP contribution in [0.15, 0.2) is 83.8 Å². The van der Waals surface area contributed by atoms with Crippen molar-refractivity contribution in [3.8, 4) is 0 Å². The number of carbonyl (C=O) groups is 1. The van der Waals surface area contributed by atoms with E-state index in [1.807, 2.05) is 49.4 Å². The number of anilines is 2. The molecule has 0 spiro atoms. The Morgan fingerprint density at radius 2 is 1.68 bits per heavy atom. The summed E-state index contributed by atoms with van der Waals surface area (Å²) in [6.07, 6.45) is 4.37. The minimum atomic E-state index is -0.579. The van der Waals surface area contributed by atoms with Crippen LogP contribution in [0.25, 0.3) is 0 Å². The number of nitrogen functional groups attached to an aromatic ring is 1. The van der Waals surface area contributed by atoms with Gasteiger partial charge in [-0.3, -0.25) is 14.2 Å². The zero-order valence-electron chi connectivity index (χ0n) is 21.4. The second-order valence-electron chi connectivity index (χ2n) is 9.75. The molecule has 2 aromatic heterocycles. The molecule has 5 rings (SSSR count). The van der Waals surface area contributed by atoms with Gasteiger partial charge in [0.25, 0.3) is 5.56 Å². The van der Waals surface area contributed by atoms with E-state index in [0.717, 1.165) is 29.8 Å². The van der Waals surface area contributed by atoms with Crippen molar-refractivity contribution in [3.63, 3.8) is 0 Å². The standard InChI is InChI=1S/C30H32N6O2/c1-20-23(12-15-27(31)34-20)18-33-29(37)26-14-13-25-19-32-28(30(38)36(25)26)35-24(16-21-8-4-2-5-9-21)17-22-10-6-3-7-11-22/h2-12,15,19,24,26H,13-14,16-18H2,1H3,(H2,31,34)(H,32,35)(H,33,37)/t26-/m0/s1. The molecule has 0 unspecified atom stereocenters. The van der Waals surface area contributed by atoms with Crippen molar-refractivity contribution in [1.29, 1.82) is 0 Å². The van der Waals surface area contributed by atoms with E-state index < -0.39 is 6.04 Å². The molecule has 8 heteroatoms. The van der Waals surface area contributed by atoms with E-state index in [2.05, 4.69) is 44.9 Å². The Balaban J connectivity index is 1.35. The number of nitrogens with two attached hydrogens (primary N) is 1. The molecule has 8 nitrogen and oxygen atoms in total. The van der Waals surface area contributed by atoms with Crippen LogP contribution in [0, 0.1) is 6.92 Å². The van der Waals surface area contributed by atoms with E-state index in [1.165, 1.54) is 11.1 Å². The highest BCUT2D eigenvalue weighted by molar-refractivity contribution is 5.81. The zero-order chi connectivity index (χ0) is 26.5. The molecule has 1 aliphatic heterocycles. The predicted octanol–water partition coefficient (Wildman–Crippen LogP) is 3.60. The average Bonchev–Trinajstić information content (AvgIpc) is 3.36. The lowest BCUT2D eigenvalue weighted by Gasteiger charge is -2.21. The van der Waals surface area contributed by atoms with E-state index in [0.29, 0.717) is 25.2 Å². The lowest BCUT2D eigenvalue weighted by molar-refractivity contribution is -0.124. The van der Waals surface area contributed by atoms with Crippen molar-refractivity contribution in [2.75, 3.05) is 11.1 Å². The van der Waals surface area contributed by atoms with Gasteiger partial charge >= 0.3 is 0 Å². The molecule has 1 atom stereocenters. The third-order valence-corrected chi connectivity index (χ3v) is 7.02. The van der Waals surface area contributed by atoms with E-state index >= 15 is 0 Å². The summed E-state index contributed by atoms with van der Waals surface area (Å²) in [7, 11) is 0. The second kappa shape index (κ2) is 11.3. The van der Waals surface area contributed by atoms with E-state index in [4.69, 9.17) is 5.73 Å². The van der Waals surface area contributed by atoms with Gasteiger partial charge in [0.15, 0.2) is 5.82 Å². The van der Waals surface area contributed by atoms with Crippen LogP contribution in [0.1, 0.15) is 40.5 Å². The van der Waals surface area contributed by atoms with Crippen LogP contribution >= 0.6 is 0 Å². The maximum atomic E-state index is 13.6. The SMILES string of the molecule is Cc1nc(N)ccc1CNC(=O)[C@@H]1CCc2cnc(NC(Cc3ccccc3)Cc3ccccc3)c(=O)n21. The van der Waals surface area contributed by atoms with Crippen LogP contribution in [0.3, 0.4) is 0 Å². The van der Waals surface area contributed by atoms with Gasteiger partial charge in [-0.05, 0) is 55.4 Å². The van der Waals surface area contributed by atoms with Crippen molar-refractivity contribution in [2.45, 2.75) is 51.2 Å². The number of aryl methyl sites for hydroxylation is 2. The van der Waals surface area contributed by atoms with Crippen LogP contribution in [-0.2, 0) is 30.6 Å². The molecule has 0 aliphatic carbocycles. The highest BCUT2D eigenvalue weighted by atomic mass is 16.2. The lowest BCUT2D eigenvalue weighted by Crippen LogP contribution is -2.38. The molecule has 0 saturated heterocycles. The van der Waals surface area contributed by atoms with Gasteiger partial charge < -0.3 is 16.4 Å². The summed E-state index contributed by atoms with van der Waals surface area (Å²) in [6.45, 7) is 2.18. The summed E-state index contributed by atoms with van der Waals surface area (Å²) in [6, 6.07) is 23.3. The molecule has 1 aliphatic rings. The van der Waals surface area contributed by atoms with Gasteiger partial charge in [-0.15, -0.1) is 0 Å². The molecule has 0 bridgehead atoms. The van der Waals surface area contributed by atoms with Gasteiger partial charge in [-0.2, -0.15) is 0 Å². The maximum absolute atomic E-state index is 13.6. The second-order valence-corrected chi connectivity index (χ2v) is 9.75. The van der Waals surface area contributed by atoms with E-state index in [-0.39, 0.29) is 23.3 Å². The number of pyridine rings is 1. The first kappa shape index (κ1) is 25.2. The van der Waals surface area contributed by atoms with Gasteiger partial charge in [-0.25, -0.2) is 9.97 Å². The molecule has 38 heavy (non-hydrogen) atoms. The Labute approximate surface area is 222 Å². The van der Waals surface area contributed by atoms with Crippen LogP contribution in [0.2, 0.25) is 0 Å². The van der Waals surface area contributed by atoms with Gasteiger partial charge in [0.05, 0.1) is 0 Å². The molecule has 0 radical (unpaired) electrons. The number of fused-ring (bicyclic) bond motifs is 1. The van der Waals surface area contributed by atoms with Crippen molar-refractivity contribution >= 4 is 17.5 Å². The first-order valence-corrected chi connectivity index (χ1v) is 12.9. The monoisotopic (exact) mass is 508 g/mol. The Morgan fingerprint density at radius 1 is 1.03 bits per heavy atom. The summed E-state index contributed by atoms with van der Waals surface area (Å²) >= 11 is 0. The Morgan fingerprint density at radius 3 is 2.32 bits per heavy atom. The number of carbonyl (C=O) groups excluding carboxylic acids is 1. The minimum absolute atomic E-state index is 0.0479. The van der Waals surface area contributed by atoms with Crippen LogP contribution < -0.4 is 21.9 Å². The van der Waals surface area contributed by atoms with Gasteiger partial charge in [0, 0.05) is 30.2 Å². The van der Waals surface area contributed by atoms with Crippen molar-refractivity contribution in [3.05, 3.63) is 117 Å². The number of hydrogen-bond acceptors (Lipinski definition) is 6. The summed E-state index contributed by atoms with van der Waals surface area (Å²) in [5, 5.41) is 6.38. The third-order valence-electron chi connectivity index (χ3n) is 7.02. The fraction of sp³-hybridized carbons (Fsp3) is 0.267. The first-order chi connectivity index (χ1) is 18.5. The number of amides is 1. The molecule has 194 valence electrons. The highest BCUT2D eigenvalue weighted by Crippen LogP contribution is 2.24. The lowest BCUT2D eigenvalue weighted by atomic mass is 9.99. The minimum Gasteiger partial charge on any atom is -0.384 e. The molecule has 3 heterocycles. The topological polar surface area (TPSA) is 115 Å². The first-order valence-electron chi connectivity index (χ1n) is 12.9. The molecule has 2 aromatic carbocycles. The van der Waals surface area contributed by atoms with E-state index in [1.54, 1.807) is 16.8 Å². The summed E-state index contributed by atoms with van der Waals surface area (Å²) in [4.78, 5) is 35.5. The summed E-state index contributed by atoms with van der Waals surface area (Å²) < 4.78 is 1.60. The van der Waals surface area contributed by atoms with Crippen LogP contribution in [0.4, 0.5) is 11.6 Å². The van der Waals surface area contributed by atoms with Gasteiger partial charge in [0.2, 0.25) is 5.91 Å². The fourth-order valence-electron chi connectivity index (χ4n) is 5.05. The molecular formula is C30H32N6O2. The number of rotatable bonds is 9. The molecule has 1 amide bonds. The number of nitrogens with zero attached hydrogens (tertiary/aromatic N) is 3. The van der Waals surface area contributed by atoms with Crippen molar-refractivity contribution in [2.24, 2.45) is 0 Å². The normalized spacial score (nSPS) is 14.3. The maximum Gasteiger partial charge on any atom is 0.294 e. The Kier molecular flexibility index (Phi) is 7.49.